The number of hydrogen-bond donors (Lipinski definition) is 1. The molecule has 1 N–H and O–H groups in total. The lowest BCUT2D eigenvalue weighted by Gasteiger charge is -2.33. The second kappa shape index (κ2) is 12.2. The third-order valence-corrected chi connectivity index (χ3v) is 7.27. The fourth-order valence-corrected chi connectivity index (χ4v) is 4.55. The number of nitrogens with one attached hydrogen (secondary N) is 1. The molecule has 2 aromatic carbocycles. The maximum atomic E-state index is 13.5. The van der Waals surface area contributed by atoms with Crippen LogP contribution < -0.4 is 9.62 Å². The van der Waals surface area contributed by atoms with Gasteiger partial charge in [0, 0.05) is 17.6 Å². The van der Waals surface area contributed by atoms with Gasteiger partial charge in [-0.2, -0.15) is 0 Å². The molecule has 9 heteroatoms. The van der Waals surface area contributed by atoms with Gasteiger partial charge < -0.3 is 10.2 Å². The lowest BCUT2D eigenvalue weighted by atomic mass is 10.1. The molecule has 7 nitrogen and oxygen atoms in total. The number of rotatable bonds is 11. The highest BCUT2D eigenvalue weighted by atomic mass is 79.9. The van der Waals surface area contributed by atoms with Gasteiger partial charge in [-0.25, -0.2) is 8.42 Å². The van der Waals surface area contributed by atoms with Crippen molar-refractivity contribution in [2.24, 2.45) is 0 Å². The predicted molar refractivity (Wildman–Crippen MR) is 135 cm³/mol. The molecule has 0 spiro atoms. The van der Waals surface area contributed by atoms with Crippen LogP contribution in [0, 0.1) is 6.92 Å². The minimum absolute atomic E-state index is 0.203. The molecule has 0 heterocycles. The Bertz CT molecular complexity index is 1060. The van der Waals surface area contributed by atoms with Crippen LogP contribution in [0.1, 0.15) is 37.8 Å². The molecule has 1 atom stereocenters. The van der Waals surface area contributed by atoms with E-state index in [1.807, 2.05) is 51.1 Å². The van der Waals surface area contributed by atoms with Crippen LogP contribution in [0.2, 0.25) is 0 Å². The molecule has 0 fully saturated rings. The molecule has 0 aliphatic carbocycles. The molecule has 180 valence electrons. The van der Waals surface area contributed by atoms with Gasteiger partial charge in [0.05, 0.1) is 11.9 Å². The summed E-state index contributed by atoms with van der Waals surface area (Å²) in [5, 5.41) is 2.86. The Balaban J connectivity index is 2.41. The molecular weight excluding hydrogens is 506 g/mol. The summed E-state index contributed by atoms with van der Waals surface area (Å²) in [6.45, 7) is 5.96. The van der Waals surface area contributed by atoms with Crippen LogP contribution in [0.25, 0.3) is 0 Å². The minimum Gasteiger partial charge on any atom is -0.354 e. The Kier molecular flexibility index (Phi) is 9.91. The number of nitrogens with zero attached hydrogens (tertiary/aromatic N) is 2. The van der Waals surface area contributed by atoms with Crippen molar-refractivity contribution in [1.82, 2.24) is 10.2 Å². The maximum absolute atomic E-state index is 13.5. The van der Waals surface area contributed by atoms with Gasteiger partial charge >= 0.3 is 0 Å². The van der Waals surface area contributed by atoms with Crippen LogP contribution in [-0.4, -0.2) is 50.5 Å². The van der Waals surface area contributed by atoms with E-state index in [0.29, 0.717) is 18.7 Å². The van der Waals surface area contributed by atoms with Gasteiger partial charge in [0.25, 0.3) is 0 Å². The molecule has 0 saturated heterocycles. The van der Waals surface area contributed by atoms with E-state index in [4.69, 9.17) is 0 Å². The molecule has 0 aliphatic rings. The second-order valence-corrected chi connectivity index (χ2v) is 10.7. The largest absolute Gasteiger partial charge is 0.354 e. The van der Waals surface area contributed by atoms with E-state index in [2.05, 4.69) is 21.2 Å². The summed E-state index contributed by atoms with van der Waals surface area (Å²) in [6, 6.07) is 13.8. The zero-order chi connectivity index (χ0) is 24.6. The van der Waals surface area contributed by atoms with Crippen LogP contribution >= 0.6 is 15.9 Å². The molecule has 33 heavy (non-hydrogen) atoms. The smallest absolute Gasteiger partial charge is 0.244 e. The summed E-state index contributed by atoms with van der Waals surface area (Å²) in [6.07, 6.45) is 2.26. The number of benzene rings is 2. The zero-order valence-electron chi connectivity index (χ0n) is 19.5. The number of anilines is 1. The summed E-state index contributed by atoms with van der Waals surface area (Å²) in [7, 11) is -3.75. The standard InChI is InChI=1S/C24H32BrN3O4S/c1-5-14-26-24(30)22(6-2)27(16-19-10-8-7-9-11-19)23(29)17-28(33(4,31)32)20-12-13-21(25)18(3)15-20/h7-13,15,22H,5-6,14,16-17H2,1-4H3,(H,26,30)/t22-/m0/s1. The second-order valence-electron chi connectivity index (χ2n) is 7.93. The molecule has 0 unspecified atom stereocenters. The first-order chi connectivity index (χ1) is 15.6. The molecule has 2 aromatic rings. The van der Waals surface area contributed by atoms with Gasteiger partial charge in [-0.1, -0.05) is 60.1 Å². The number of carbonyl (C=O) groups excluding carboxylic acids is 2. The fourth-order valence-electron chi connectivity index (χ4n) is 3.46. The highest BCUT2D eigenvalue weighted by molar-refractivity contribution is 9.10. The number of aryl methyl sites for hydroxylation is 1. The van der Waals surface area contributed by atoms with Crippen molar-refractivity contribution in [1.29, 1.82) is 0 Å². The van der Waals surface area contributed by atoms with Crippen LogP contribution in [0.15, 0.2) is 53.0 Å². The van der Waals surface area contributed by atoms with E-state index in [9.17, 15) is 18.0 Å². The van der Waals surface area contributed by atoms with Crippen molar-refractivity contribution < 1.29 is 18.0 Å². The van der Waals surface area contributed by atoms with Gasteiger partial charge in [-0.15, -0.1) is 0 Å². The van der Waals surface area contributed by atoms with Crippen LogP contribution in [0.3, 0.4) is 0 Å². The first kappa shape index (κ1) is 26.9. The van der Waals surface area contributed by atoms with Crippen LogP contribution in [0.4, 0.5) is 5.69 Å². The van der Waals surface area contributed by atoms with E-state index in [-0.39, 0.29) is 12.5 Å². The lowest BCUT2D eigenvalue weighted by molar-refractivity contribution is -0.140. The Morgan fingerprint density at radius 3 is 2.30 bits per heavy atom. The summed E-state index contributed by atoms with van der Waals surface area (Å²) in [5.74, 6) is -0.683. The van der Waals surface area contributed by atoms with E-state index in [0.717, 1.165) is 32.6 Å². The van der Waals surface area contributed by atoms with E-state index >= 15 is 0 Å². The highest BCUT2D eigenvalue weighted by Crippen LogP contribution is 2.25. The van der Waals surface area contributed by atoms with Crippen LogP contribution in [-0.2, 0) is 26.2 Å². The van der Waals surface area contributed by atoms with Crippen LogP contribution in [0.5, 0.6) is 0 Å². The Morgan fingerprint density at radius 1 is 1.09 bits per heavy atom. The third kappa shape index (κ3) is 7.57. The summed E-state index contributed by atoms with van der Waals surface area (Å²) < 4.78 is 27.2. The first-order valence-electron chi connectivity index (χ1n) is 10.9. The summed E-state index contributed by atoms with van der Waals surface area (Å²) >= 11 is 3.42. The van der Waals surface area contributed by atoms with Crippen molar-refractivity contribution in [3.63, 3.8) is 0 Å². The molecule has 0 radical (unpaired) electrons. The van der Waals surface area contributed by atoms with Crippen molar-refractivity contribution in [2.75, 3.05) is 23.7 Å². The van der Waals surface area contributed by atoms with Crippen molar-refractivity contribution in [2.45, 2.75) is 46.2 Å². The molecule has 0 aliphatic heterocycles. The van der Waals surface area contributed by atoms with E-state index in [1.165, 1.54) is 4.90 Å². The monoisotopic (exact) mass is 537 g/mol. The Labute approximate surface area is 205 Å². The summed E-state index contributed by atoms with van der Waals surface area (Å²) in [5.41, 5.74) is 2.10. The van der Waals surface area contributed by atoms with E-state index in [1.54, 1.807) is 18.2 Å². The number of halogens is 1. The molecule has 0 aromatic heterocycles. The van der Waals surface area contributed by atoms with Gasteiger partial charge in [0.15, 0.2) is 0 Å². The molecule has 2 amide bonds. The molecular formula is C24H32BrN3O4S. The van der Waals surface area contributed by atoms with Gasteiger partial charge in [-0.05, 0) is 49.1 Å². The summed E-state index contributed by atoms with van der Waals surface area (Å²) in [4.78, 5) is 27.9. The van der Waals surface area contributed by atoms with Crippen molar-refractivity contribution >= 4 is 43.5 Å². The van der Waals surface area contributed by atoms with E-state index < -0.39 is 28.5 Å². The Hall–Kier alpha value is -2.39. The Morgan fingerprint density at radius 2 is 1.76 bits per heavy atom. The average molecular weight is 539 g/mol. The predicted octanol–water partition coefficient (Wildman–Crippen LogP) is 3.86. The number of carbonyl (C=O) groups is 2. The number of sulfonamides is 1. The topological polar surface area (TPSA) is 86.8 Å². The maximum Gasteiger partial charge on any atom is 0.244 e. The number of hydrogen-bond acceptors (Lipinski definition) is 4. The first-order valence-corrected chi connectivity index (χ1v) is 13.6. The SMILES string of the molecule is CCCNC(=O)[C@H](CC)N(Cc1ccccc1)C(=O)CN(c1ccc(Br)c(C)c1)S(C)(=O)=O. The van der Waals surface area contributed by atoms with Crippen molar-refractivity contribution in [3.05, 3.63) is 64.1 Å². The fraction of sp³-hybridized carbons (Fsp3) is 0.417. The molecule has 2 rings (SSSR count). The van der Waals surface area contributed by atoms with Gasteiger partial charge in [-0.3, -0.25) is 13.9 Å². The lowest BCUT2D eigenvalue weighted by Crippen LogP contribution is -2.52. The van der Waals surface area contributed by atoms with Gasteiger partial charge in [0.2, 0.25) is 21.8 Å². The highest BCUT2D eigenvalue weighted by Gasteiger charge is 2.31. The normalized spacial score (nSPS) is 12.2. The van der Waals surface area contributed by atoms with Gasteiger partial charge in [0.1, 0.15) is 12.6 Å². The quantitative estimate of drug-likeness (QED) is 0.471. The van der Waals surface area contributed by atoms with Crippen molar-refractivity contribution in [3.8, 4) is 0 Å². The average Bonchev–Trinajstić information content (AvgIpc) is 2.77. The zero-order valence-corrected chi connectivity index (χ0v) is 21.9. The number of amides is 2. The molecule has 0 bridgehead atoms. The minimum atomic E-state index is -3.75. The molecule has 0 saturated carbocycles. The third-order valence-electron chi connectivity index (χ3n) is 5.24.